The molecule has 13 heavy (non-hydrogen) atoms. The van der Waals surface area contributed by atoms with E-state index in [1.54, 1.807) is 12.1 Å². The Morgan fingerprint density at radius 1 is 1.54 bits per heavy atom. The topological polar surface area (TPSA) is 63.4 Å². The Kier molecular flexibility index (Phi) is 4.93. The quantitative estimate of drug-likeness (QED) is 0.400. The van der Waals surface area contributed by atoms with Crippen molar-refractivity contribution in [1.29, 1.82) is 0 Å². The minimum atomic E-state index is -0.471. The Bertz CT molecular complexity index is 328. The smallest absolute Gasteiger partial charge is 0.270 e. The van der Waals surface area contributed by atoms with Crippen molar-refractivity contribution in [3.05, 3.63) is 39.9 Å². The van der Waals surface area contributed by atoms with E-state index in [0.29, 0.717) is 5.56 Å². The molecule has 0 unspecified atom stereocenters. The zero-order valence-electron chi connectivity index (χ0n) is 7.10. The second-order valence-electron chi connectivity index (χ2n) is 1.95. The van der Waals surface area contributed by atoms with Gasteiger partial charge >= 0.3 is 0 Å². The van der Waals surface area contributed by atoms with Crippen LogP contribution in [0.15, 0.2) is 24.3 Å². The minimum Gasteiger partial charge on any atom is -0.400 e. The Hall–Kier alpha value is -1.86. The van der Waals surface area contributed by atoms with Gasteiger partial charge in [-0.3, -0.25) is 10.1 Å². The zero-order chi connectivity index (χ0) is 10.3. The van der Waals surface area contributed by atoms with E-state index in [-0.39, 0.29) is 5.69 Å². The van der Waals surface area contributed by atoms with E-state index >= 15 is 0 Å². The van der Waals surface area contributed by atoms with Crippen LogP contribution in [0.1, 0.15) is 5.56 Å². The van der Waals surface area contributed by atoms with Gasteiger partial charge in [-0.25, -0.2) is 0 Å². The molecule has 0 spiro atoms. The second kappa shape index (κ2) is 5.75. The van der Waals surface area contributed by atoms with Gasteiger partial charge in [0, 0.05) is 24.8 Å². The average Bonchev–Trinajstić information content (AvgIpc) is 2.21. The summed E-state index contributed by atoms with van der Waals surface area (Å²) < 4.78 is 0. The predicted molar refractivity (Wildman–Crippen MR) is 49.2 cm³/mol. The molecule has 4 heteroatoms. The molecule has 0 radical (unpaired) electrons. The van der Waals surface area contributed by atoms with E-state index in [9.17, 15) is 10.1 Å². The highest BCUT2D eigenvalue weighted by molar-refractivity contribution is 5.41. The molecule has 0 amide bonds. The van der Waals surface area contributed by atoms with Crippen molar-refractivity contribution < 1.29 is 10.0 Å². The number of nitrogens with zero attached hydrogens (tertiary/aromatic N) is 1. The van der Waals surface area contributed by atoms with E-state index in [0.717, 1.165) is 7.11 Å². The molecule has 4 nitrogen and oxygen atoms in total. The van der Waals surface area contributed by atoms with Crippen molar-refractivity contribution in [1.82, 2.24) is 0 Å². The largest absolute Gasteiger partial charge is 0.400 e. The molecular weight excluding hydrogens is 170 g/mol. The monoisotopic (exact) mass is 179 g/mol. The van der Waals surface area contributed by atoms with Crippen LogP contribution in [0.2, 0.25) is 0 Å². The van der Waals surface area contributed by atoms with Crippen molar-refractivity contribution in [2.24, 2.45) is 0 Å². The molecule has 1 rings (SSSR count). The molecule has 0 aliphatic rings. The van der Waals surface area contributed by atoms with Crippen LogP contribution in [-0.2, 0) is 0 Å². The number of nitro groups is 1. The van der Waals surface area contributed by atoms with E-state index < -0.39 is 4.92 Å². The fourth-order valence-corrected chi connectivity index (χ4v) is 0.709. The number of terminal acetylenes is 1. The summed E-state index contributed by atoms with van der Waals surface area (Å²) in [4.78, 5) is 9.73. The molecule has 0 aliphatic carbocycles. The van der Waals surface area contributed by atoms with E-state index in [4.69, 9.17) is 11.5 Å². The third kappa shape index (κ3) is 3.36. The zero-order valence-corrected chi connectivity index (χ0v) is 7.10. The van der Waals surface area contributed by atoms with Gasteiger partial charge in [0.15, 0.2) is 0 Å². The van der Waals surface area contributed by atoms with Crippen LogP contribution in [0.4, 0.5) is 5.69 Å². The molecule has 0 aromatic heterocycles. The first-order chi connectivity index (χ1) is 6.24. The van der Waals surface area contributed by atoms with Crippen molar-refractivity contribution >= 4 is 5.69 Å². The van der Waals surface area contributed by atoms with Crippen LogP contribution in [0.5, 0.6) is 0 Å². The van der Waals surface area contributed by atoms with Crippen LogP contribution in [0.25, 0.3) is 0 Å². The molecule has 1 aromatic rings. The van der Waals surface area contributed by atoms with Gasteiger partial charge in [0.05, 0.1) is 4.92 Å². The first kappa shape index (κ1) is 11.1. The summed E-state index contributed by atoms with van der Waals surface area (Å²) in [5.41, 5.74) is 0.555. The highest BCUT2D eigenvalue weighted by Gasteiger charge is 2.02. The Labute approximate surface area is 76.0 Å². The second-order valence-corrected chi connectivity index (χ2v) is 1.95. The number of rotatable bonds is 1. The van der Waals surface area contributed by atoms with Crippen LogP contribution < -0.4 is 0 Å². The summed E-state index contributed by atoms with van der Waals surface area (Å²) in [6.07, 6.45) is 5.05. The fourth-order valence-electron chi connectivity index (χ4n) is 0.709. The van der Waals surface area contributed by atoms with Gasteiger partial charge in [0.2, 0.25) is 0 Å². The molecule has 0 aliphatic heterocycles. The first-order valence-corrected chi connectivity index (χ1v) is 3.40. The van der Waals surface area contributed by atoms with E-state index in [1.807, 2.05) is 0 Å². The molecular formula is C9H9NO3. The molecule has 68 valence electrons. The van der Waals surface area contributed by atoms with Gasteiger partial charge in [-0.15, -0.1) is 6.42 Å². The van der Waals surface area contributed by atoms with Gasteiger partial charge in [-0.05, 0) is 6.07 Å². The van der Waals surface area contributed by atoms with Crippen molar-refractivity contribution in [2.75, 3.05) is 7.11 Å². The number of hydrogen-bond acceptors (Lipinski definition) is 3. The predicted octanol–water partition coefficient (Wildman–Crippen LogP) is 1.18. The minimum absolute atomic E-state index is 0.0282. The van der Waals surface area contributed by atoms with Gasteiger partial charge in [0.25, 0.3) is 5.69 Å². The lowest BCUT2D eigenvalue weighted by Crippen LogP contribution is -1.87. The normalized spacial score (nSPS) is 7.77. The Balaban J connectivity index is 0.000000671. The SMILES string of the molecule is C#Cc1cccc([N+](=O)[O-])c1.CO. The molecule has 0 heterocycles. The molecule has 0 atom stereocenters. The first-order valence-electron chi connectivity index (χ1n) is 3.40. The average molecular weight is 179 g/mol. The number of benzene rings is 1. The van der Waals surface area contributed by atoms with E-state index in [1.165, 1.54) is 12.1 Å². The number of aliphatic hydroxyl groups is 1. The van der Waals surface area contributed by atoms with Crippen molar-refractivity contribution in [3.8, 4) is 12.3 Å². The number of non-ortho nitro benzene ring substituents is 1. The third-order valence-electron chi connectivity index (χ3n) is 1.22. The standard InChI is InChI=1S/C8H5NO2.CH4O/c1-2-7-4-3-5-8(6-7)9(10)11;1-2/h1,3-6H;2H,1H3. The summed E-state index contributed by atoms with van der Waals surface area (Å²) in [6.45, 7) is 0. The highest BCUT2D eigenvalue weighted by Crippen LogP contribution is 2.11. The lowest BCUT2D eigenvalue weighted by molar-refractivity contribution is -0.384. The van der Waals surface area contributed by atoms with Crippen LogP contribution in [0, 0.1) is 22.5 Å². The summed E-state index contributed by atoms with van der Waals surface area (Å²) in [5.74, 6) is 2.32. The molecule has 1 N–H and O–H groups in total. The number of hydrogen-bond donors (Lipinski definition) is 1. The Morgan fingerprint density at radius 3 is 2.62 bits per heavy atom. The van der Waals surface area contributed by atoms with Crippen molar-refractivity contribution in [2.45, 2.75) is 0 Å². The summed E-state index contributed by atoms with van der Waals surface area (Å²) in [5, 5.41) is 17.2. The molecule has 0 bridgehead atoms. The van der Waals surface area contributed by atoms with E-state index in [2.05, 4.69) is 5.92 Å². The van der Waals surface area contributed by atoms with Crippen LogP contribution in [-0.4, -0.2) is 17.1 Å². The van der Waals surface area contributed by atoms with Gasteiger partial charge < -0.3 is 5.11 Å². The Morgan fingerprint density at radius 2 is 2.15 bits per heavy atom. The number of aliphatic hydroxyl groups excluding tert-OH is 1. The summed E-state index contributed by atoms with van der Waals surface area (Å²) in [7, 11) is 1.00. The lowest BCUT2D eigenvalue weighted by Gasteiger charge is -1.90. The summed E-state index contributed by atoms with van der Waals surface area (Å²) in [6, 6.07) is 5.97. The van der Waals surface area contributed by atoms with Crippen LogP contribution >= 0.6 is 0 Å². The number of nitro benzene ring substituents is 1. The van der Waals surface area contributed by atoms with Gasteiger partial charge in [-0.2, -0.15) is 0 Å². The van der Waals surface area contributed by atoms with Crippen LogP contribution in [0.3, 0.4) is 0 Å². The maximum atomic E-state index is 10.2. The molecule has 0 saturated carbocycles. The van der Waals surface area contributed by atoms with Gasteiger partial charge in [-0.1, -0.05) is 12.0 Å². The maximum Gasteiger partial charge on any atom is 0.270 e. The molecule has 1 aromatic carbocycles. The third-order valence-corrected chi connectivity index (χ3v) is 1.22. The lowest BCUT2D eigenvalue weighted by atomic mass is 10.2. The molecule has 0 fully saturated rings. The fraction of sp³-hybridized carbons (Fsp3) is 0.111. The van der Waals surface area contributed by atoms with Gasteiger partial charge in [0.1, 0.15) is 0 Å². The highest BCUT2D eigenvalue weighted by atomic mass is 16.6. The molecule has 0 saturated heterocycles. The summed E-state index contributed by atoms with van der Waals surface area (Å²) >= 11 is 0. The van der Waals surface area contributed by atoms with Crippen molar-refractivity contribution in [3.63, 3.8) is 0 Å². The maximum absolute atomic E-state index is 10.2.